The van der Waals surface area contributed by atoms with Gasteiger partial charge in [0.1, 0.15) is 5.82 Å². The van der Waals surface area contributed by atoms with Crippen LogP contribution >= 0.6 is 0 Å². The highest BCUT2D eigenvalue weighted by Gasteiger charge is 2.07. The average Bonchev–Trinajstić information content (AvgIpc) is 2.53. The first kappa shape index (κ1) is 16.4. The standard InChI is InChI=1S/C17H18N4O2/c1-12-8-9-18-15(10-12)19-16(22)11-13(2)20-21-17(23)14-6-4-3-5-7-14/h3-10H,11H2,1-2H3,(H,21,23)(H,18,19,22). The molecule has 2 rings (SSSR count). The fourth-order valence-corrected chi connectivity index (χ4v) is 1.86. The van der Waals surface area contributed by atoms with E-state index < -0.39 is 0 Å². The van der Waals surface area contributed by atoms with E-state index in [2.05, 4.69) is 20.8 Å². The topological polar surface area (TPSA) is 83.4 Å². The van der Waals surface area contributed by atoms with Crippen molar-refractivity contribution in [2.45, 2.75) is 20.3 Å². The van der Waals surface area contributed by atoms with Crippen molar-refractivity contribution in [3.8, 4) is 0 Å². The zero-order chi connectivity index (χ0) is 16.7. The zero-order valence-corrected chi connectivity index (χ0v) is 13.0. The van der Waals surface area contributed by atoms with Gasteiger partial charge in [0, 0.05) is 17.5 Å². The predicted octanol–water partition coefficient (Wildman–Crippen LogP) is 2.52. The summed E-state index contributed by atoms with van der Waals surface area (Å²) in [7, 11) is 0. The van der Waals surface area contributed by atoms with Crippen LogP contribution in [-0.4, -0.2) is 22.5 Å². The molecule has 0 aliphatic carbocycles. The van der Waals surface area contributed by atoms with Crippen LogP contribution in [0.3, 0.4) is 0 Å². The molecule has 1 aromatic heterocycles. The lowest BCUT2D eigenvalue weighted by atomic mass is 10.2. The van der Waals surface area contributed by atoms with Crippen LogP contribution in [0.5, 0.6) is 0 Å². The number of aromatic nitrogens is 1. The third-order valence-corrected chi connectivity index (χ3v) is 2.98. The Kier molecular flexibility index (Phi) is 5.57. The Morgan fingerprint density at radius 3 is 2.61 bits per heavy atom. The average molecular weight is 310 g/mol. The van der Waals surface area contributed by atoms with Crippen molar-refractivity contribution in [1.82, 2.24) is 10.4 Å². The van der Waals surface area contributed by atoms with Crippen LogP contribution in [-0.2, 0) is 4.79 Å². The van der Waals surface area contributed by atoms with Gasteiger partial charge < -0.3 is 5.32 Å². The first-order valence-corrected chi connectivity index (χ1v) is 7.15. The molecule has 0 atom stereocenters. The van der Waals surface area contributed by atoms with Gasteiger partial charge in [0.05, 0.1) is 6.42 Å². The number of hydrazone groups is 1. The molecule has 118 valence electrons. The molecule has 0 bridgehead atoms. The Labute approximate surface area is 134 Å². The van der Waals surface area contributed by atoms with Gasteiger partial charge >= 0.3 is 0 Å². The minimum absolute atomic E-state index is 0.0741. The molecule has 0 radical (unpaired) electrons. The first-order chi connectivity index (χ1) is 11.0. The van der Waals surface area contributed by atoms with E-state index in [1.165, 1.54) is 0 Å². The fourth-order valence-electron chi connectivity index (χ4n) is 1.86. The second kappa shape index (κ2) is 7.84. The Morgan fingerprint density at radius 1 is 1.17 bits per heavy atom. The summed E-state index contributed by atoms with van der Waals surface area (Å²) in [5, 5.41) is 6.62. The SMILES string of the molecule is CC(CC(=O)Nc1cc(C)ccn1)=NNC(=O)c1ccccc1. The molecular formula is C17H18N4O2. The molecule has 0 saturated carbocycles. The third-order valence-electron chi connectivity index (χ3n) is 2.98. The molecule has 1 aromatic carbocycles. The molecule has 0 aliphatic rings. The molecule has 6 heteroatoms. The number of aryl methyl sites for hydroxylation is 1. The summed E-state index contributed by atoms with van der Waals surface area (Å²) >= 11 is 0. The molecule has 23 heavy (non-hydrogen) atoms. The number of nitrogens with zero attached hydrogens (tertiary/aromatic N) is 2. The van der Waals surface area contributed by atoms with Crippen LogP contribution in [0, 0.1) is 6.92 Å². The van der Waals surface area contributed by atoms with Gasteiger partial charge in [-0.3, -0.25) is 9.59 Å². The molecule has 2 N–H and O–H groups in total. The Morgan fingerprint density at radius 2 is 1.91 bits per heavy atom. The largest absolute Gasteiger partial charge is 0.310 e. The normalized spacial score (nSPS) is 11.0. The molecule has 0 spiro atoms. The number of rotatable bonds is 5. The Bertz CT molecular complexity index is 726. The monoisotopic (exact) mass is 310 g/mol. The number of hydrogen-bond donors (Lipinski definition) is 2. The van der Waals surface area contributed by atoms with Crippen LogP contribution in [0.1, 0.15) is 29.3 Å². The van der Waals surface area contributed by atoms with Gasteiger partial charge in [0.25, 0.3) is 5.91 Å². The summed E-state index contributed by atoms with van der Waals surface area (Å²) in [6.07, 6.45) is 1.71. The van der Waals surface area contributed by atoms with E-state index in [1.54, 1.807) is 43.5 Å². The van der Waals surface area contributed by atoms with Gasteiger partial charge in [0.15, 0.2) is 0 Å². The molecule has 2 aromatic rings. The summed E-state index contributed by atoms with van der Waals surface area (Å²) in [6.45, 7) is 3.59. The fraction of sp³-hybridized carbons (Fsp3) is 0.176. The van der Waals surface area contributed by atoms with Crippen molar-refractivity contribution in [3.63, 3.8) is 0 Å². The van der Waals surface area contributed by atoms with E-state index in [9.17, 15) is 9.59 Å². The van der Waals surface area contributed by atoms with Crippen LogP contribution in [0.2, 0.25) is 0 Å². The lowest BCUT2D eigenvalue weighted by molar-refractivity contribution is -0.115. The van der Waals surface area contributed by atoms with E-state index in [0.29, 0.717) is 17.1 Å². The van der Waals surface area contributed by atoms with E-state index in [4.69, 9.17) is 0 Å². The number of amides is 2. The van der Waals surface area contributed by atoms with Crippen molar-refractivity contribution in [3.05, 3.63) is 59.8 Å². The molecule has 1 heterocycles. The second-order valence-electron chi connectivity index (χ2n) is 5.10. The molecule has 0 fully saturated rings. The number of carbonyl (C=O) groups excluding carboxylic acids is 2. The van der Waals surface area contributed by atoms with Crippen LogP contribution in [0.4, 0.5) is 5.82 Å². The van der Waals surface area contributed by atoms with Crippen molar-refractivity contribution in [2.24, 2.45) is 5.10 Å². The smallest absolute Gasteiger partial charge is 0.271 e. The van der Waals surface area contributed by atoms with Crippen molar-refractivity contribution >= 4 is 23.3 Å². The van der Waals surface area contributed by atoms with Crippen LogP contribution < -0.4 is 10.7 Å². The quantitative estimate of drug-likeness (QED) is 0.657. The van der Waals surface area contributed by atoms with Crippen LogP contribution in [0.15, 0.2) is 53.8 Å². The van der Waals surface area contributed by atoms with Crippen molar-refractivity contribution in [1.29, 1.82) is 0 Å². The third kappa shape index (κ3) is 5.35. The second-order valence-corrected chi connectivity index (χ2v) is 5.10. The number of hydrogen-bond acceptors (Lipinski definition) is 4. The number of anilines is 1. The summed E-state index contributed by atoms with van der Waals surface area (Å²) in [5.41, 5.74) is 4.45. The first-order valence-electron chi connectivity index (χ1n) is 7.15. The van der Waals surface area contributed by atoms with Gasteiger partial charge in [-0.2, -0.15) is 5.10 Å². The highest BCUT2D eigenvalue weighted by Crippen LogP contribution is 2.05. The van der Waals surface area contributed by atoms with E-state index >= 15 is 0 Å². The Hall–Kier alpha value is -3.02. The van der Waals surface area contributed by atoms with E-state index in [0.717, 1.165) is 5.56 Å². The molecular weight excluding hydrogens is 292 g/mol. The summed E-state index contributed by atoms with van der Waals surface area (Å²) in [5.74, 6) is -0.0554. The summed E-state index contributed by atoms with van der Waals surface area (Å²) < 4.78 is 0. The van der Waals surface area contributed by atoms with E-state index in [-0.39, 0.29) is 18.2 Å². The minimum atomic E-state index is -0.314. The van der Waals surface area contributed by atoms with Crippen LogP contribution in [0.25, 0.3) is 0 Å². The van der Waals surface area contributed by atoms with Gasteiger partial charge in [-0.15, -0.1) is 0 Å². The van der Waals surface area contributed by atoms with Gasteiger partial charge in [0.2, 0.25) is 5.91 Å². The molecule has 2 amide bonds. The number of carbonyl (C=O) groups is 2. The van der Waals surface area contributed by atoms with Crippen molar-refractivity contribution < 1.29 is 9.59 Å². The maximum atomic E-state index is 11.9. The van der Waals surface area contributed by atoms with Gasteiger partial charge in [-0.05, 0) is 43.7 Å². The van der Waals surface area contributed by atoms with Gasteiger partial charge in [-0.1, -0.05) is 18.2 Å². The lowest BCUT2D eigenvalue weighted by Crippen LogP contribution is -2.21. The maximum Gasteiger partial charge on any atom is 0.271 e. The van der Waals surface area contributed by atoms with Crippen molar-refractivity contribution in [2.75, 3.05) is 5.32 Å². The molecule has 0 unspecified atom stereocenters. The molecule has 0 aliphatic heterocycles. The number of benzene rings is 1. The molecule has 6 nitrogen and oxygen atoms in total. The summed E-state index contributed by atoms with van der Waals surface area (Å²) in [4.78, 5) is 27.8. The van der Waals surface area contributed by atoms with E-state index in [1.807, 2.05) is 19.1 Å². The van der Waals surface area contributed by atoms with Gasteiger partial charge in [-0.25, -0.2) is 10.4 Å². The minimum Gasteiger partial charge on any atom is -0.310 e. The number of pyridine rings is 1. The lowest BCUT2D eigenvalue weighted by Gasteiger charge is -2.05. The number of nitrogens with one attached hydrogen (secondary N) is 2. The highest BCUT2D eigenvalue weighted by atomic mass is 16.2. The summed E-state index contributed by atoms with van der Waals surface area (Å²) in [6, 6.07) is 12.4. The molecule has 0 saturated heterocycles. The Balaban J connectivity index is 1.87. The zero-order valence-electron chi connectivity index (χ0n) is 13.0. The maximum absolute atomic E-state index is 11.9. The highest BCUT2D eigenvalue weighted by molar-refractivity contribution is 6.05. The predicted molar refractivity (Wildman–Crippen MR) is 89.2 cm³/mol.